The summed E-state index contributed by atoms with van der Waals surface area (Å²) in [5.41, 5.74) is -0.158. The summed E-state index contributed by atoms with van der Waals surface area (Å²) in [5, 5.41) is 10.6. The summed E-state index contributed by atoms with van der Waals surface area (Å²) in [5.74, 6) is -0.913. The Bertz CT molecular complexity index is 348. The molecule has 0 bridgehead atoms. The van der Waals surface area contributed by atoms with Crippen molar-refractivity contribution in [1.82, 2.24) is 21.3 Å². The van der Waals surface area contributed by atoms with Gasteiger partial charge in [0.05, 0.1) is 19.6 Å². The second kappa shape index (κ2) is 8.52. The van der Waals surface area contributed by atoms with Crippen molar-refractivity contribution in [2.75, 3.05) is 19.6 Å². The van der Waals surface area contributed by atoms with Crippen LogP contribution in [0.5, 0.6) is 0 Å². The van der Waals surface area contributed by atoms with E-state index in [4.69, 9.17) is 0 Å². The molecule has 7 heteroatoms. The average Bonchev–Trinajstić information content (AvgIpc) is 2.29. The van der Waals surface area contributed by atoms with E-state index in [0.29, 0.717) is 0 Å². The van der Waals surface area contributed by atoms with Crippen LogP contribution < -0.4 is 21.3 Å². The third-order valence-electron chi connectivity index (χ3n) is 2.12. The first-order valence-electron chi connectivity index (χ1n) is 6.68. The van der Waals surface area contributed by atoms with Crippen molar-refractivity contribution < 1.29 is 14.4 Å². The Morgan fingerprint density at radius 2 is 1.30 bits per heavy atom. The zero-order valence-electron chi connectivity index (χ0n) is 12.9. The zero-order valence-corrected chi connectivity index (χ0v) is 12.9. The van der Waals surface area contributed by atoms with Crippen molar-refractivity contribution in [1.29, 1.82) is 0 Å². The minimum Gasteiger partial charge on any atom is -0.352 e. The molecule has 0 aliphatic rings. The SMILES string of the molecule is CC(C)NC(=O)CNC(=O)CNC(=O)CNC(C)(C)C. The fraction of sp³-hybridized carbons (Fsp3) is 0.769. The van der Waals surface area contributed by atoms with Gasteiger partial charge in [0, 0.05) is 11.6 Å². The summed E-state index contributed by atoms with van der Waals surface area (Å²) < 4.78 is 0. The van der Waals surface area contributed by atoms with Gasteiger partial charge in [0.25, 0.3) is 0 Å². The van der Waals surface area contributed by atoms with Gasteiger partial charge >= 0.3 is 0 Å². The second-order valence-corrected chi connectivity index (χ2v) is 5.88. The topological polar surface area (TPSA) is 99.3 Å². The molecule has 0 fully saturated rings. The Hall–Kier alpha value is -1.63. The van der Waals surface area contributed by atoms with Crippen molar-refractivity contribution in [2.45, 2.75) is 46.2 Å². The average molecular weight is 286 g/mol. The number of carbonyl (C=O) groups excluding carboxylic acids is 3. The number of carbonyl (C=O) groups is 3. The Kier molecular flexibility index (Phi) is 7.83. The molecule has 20 heavy (non-hydrogen) atoms. The summed E-state index contributed by atoms with van der Waals surface area (Å²) in [7, 11) is 0. The second-order valence-electron chi connectivity index (χ2n) is 5.88. The van der Waals surface area contributed by atoms with Crippen molar-refractivity contribution >= 4 is 17.7 Å². The molecule has 0 heterocycles. The standard InChI is InChI=1S/C13H26N4O3/c1-9(2)17-12(20)7-15-10(18)6-14-11(19)8-16-13(3,4)5/h9,16H,6-8H2,1-5H3,(H,14,19)(H,15,18)(H,17,20). The molecule has 0 aromatic rings. The van der Waals surface area contributed by atoms with Crippen molar-refractivity contribution in [3.63, 3.8) is 0 Å². The number of rotatable bonds is 7. The molecule has 3 amide bonds. The van der Waals surface area contributed by atoms with Crippen LogP contribution in [0.4, 0.5) is 0 Å². The molecule has 7 nitrogen and oxygen atoms in total. The minimum atomic E-state index is -0.395. The molecule has 0 aliphatic heterocycles. The van der Waals surface area contributed by atoms with Crippen molar-refractivity contribution in [2.24, 2.45) is 0 Å². The highest BCUT2D eigenvalue weighted by Gasteiger charge is 2.12. The lowest BCUT2D eigenvalue weighted by molar-refractivity contribution is -0.127. The molecule has 0 radical (unpaired) electrons. The van der Waals surface area contributed by atoms with Crippen LogP contribution in [0, 0.1) is 0 Å². The van der Waals surface area contributed by atoms with E-state index in [-0.39, 0.29) is 43.0 Å². The van der Waals surface area contributed by atoms with Crippen LogP contribution in [0.1, 0.15) is 34.6 Å². The normalized spacial score (nSPS) is 11.1. The van der Waals surface area contributed by atoms with Crippen LogP contribution in [0.25, 0.3) is 0 Å². The summed E-state index contributed by atoms with van der Waals surface area (Å²) in [4.78, 5) is 34.1. The first-order valence-corrected chi connectivity index (χ1v) is 6.68. The van der Waals surface area contributed by atoms with E-state index in [1.165, 1.54) is 0 Å². The van der Waals surface area contributed by atoms with E-state index >= 15 is 0 Å². The van der Waals surface area contributed by atoms with Crippen molar-refractivity contribution in [3.8, 4) is 0 Å². The van der Waals surface area contributed by atoms with E-state index in [0.717, 1.165) is 0 Å². The van der Waals surface area contributed by atoms with Crippen LogP contribution in [-0.2, 0) is 14.4 Å². The molecule has 0 atom stereocenters. The van der Waals surface area contributed by atoms with Crippen LogP contribution in [-0.4, -0.2) is 48.9 Å². The van der Waals surface area contributed by atoms with Gasteiger partial charge in [-0.1, -0.05) is 0 Å². The largest absolute Gasteiger partial charge is 0.352 e. The smallest absolute Gasteiger partial charge is 0.239 e. The molecule has 0 aromatic carbocycles. The summed E-state index contributed by atoms with van der Waals surface area (Å²) in [6, 6.07) is 0.0302. The maximum atomic E-state index is 11.4. The van der Waals surface area contributed by atoms with Crippen LogP contribution >= 0.6 is 0 Å². The fourth-order valence-corrected chi connectivity index (χ4v) is 1.20. The molecule has 0 aromatic heterocycles. The predicted molar refractivity (Wildman–Crippen MR) is 77.1 cm³/mol. The Morgan fingerprint density at radius 1 is 0.850 bits per heavy atom. The zero-order chi connectivity index (χ0) is 15.8. The highest BCUT2D eigenvalue weighted by atomic mass is 16.2. The van der Waals surface area contributed by atoms with Gasteiger partial charge in [0.2, 0.25) is 17.7 Å². The third kappa shape index (κ3) is 11.5. The summed E-state index contributed by atoms with van der Waals surface area (Å²) in [6.07, 6.45) is 0. The lowest BCUT2D eigenvalue weighted by atomic mass is 10.1. The Labute approximate surface area is 120 Å². The first kappa shape index (κ1) is 18.4. The van der Waals surface area contributed by atoms with Crippen molar-refractivity contribution in [3.05, 3.63) is 0 Å². The molecule has 0 unspecified atom stereocenters. The lowest BCUT2D eigenvalue weighted by Gasteiger charge is -2.19. The number of nitrogens with one attached hydrogen (secondary N) is 4. The van der Waals surface area contributed by atoms with Gasteiger partial charge in [0.1, 0.15) is 0 Å². The maximum absolute atomic E-state index is 11.4. The molecule has 116 valence electrons. The van der Waals surface area contributed by atoms with Crippen LogP contribution in [0.3, 0.4) is 0 Å². The van der Waals surface area contributed by atoms with Gasteiger partial charge < -0.3 is 21.3 Å². The number of amides is 3. The van der Waals surface area contributed by atoms with E-state index in [9.17, 15) is 14.4 Å². The highest BCUT2D eigenvalue weighted by Crippen LogP contribution is 1.96. The Balaban J connectivity index is 3.77. The van der Waals surface area contributed by atoms with E-state index in [1.54, 1.807) is 0 Å². The monoisotopic (exact) mass is 286 g/mol. The van der Waals surface area contributed by atoms with Crippen LogP contribution in [0.2, 0.25) is 0 Å². The maximum Gasteiger partial charge on any atom is 0.239 e. The number of hydrogen-bond acceptors (Lipinski definition) is 4. The van der Waals surface area contributed by atoms with Gasteiger partial charge in [-0.15, -0.1) is 0 Å². The molecule has 0 saturated heterocycles. The minimum absolute atomic E-state index is 0.0302. The molecule has 4 N–H and O–H groups in total. The molecule has 0 saturated carbocycles. The van der Waals surface area contributed by atoms with Gasteiger partial charge in [-0.05, 0) is 34.6 Å². The van der Waals surface area contributed by atoms with E-state index in [1.807, 2.05) is 34.6 Å². The molecular weight excluding hydrogens is 260 g/mol. The first-order chi connectivity index (χ1) is 9.10. The van der Waals surface area contributed by atoms with Crippen LogP contribution in [0.15, 0.2) is 0 Å². The third-order valence-corrected chi connectivity index (χ3v) is 2.12. The molecule has 0 rings (SSSR count). The lowest BCUT2D eigenvalue weighted by Crippen LogP contribution is -2.47. The molecule has 0 aliphatic carbocycles. The van der Waals surface area contributed by atoms with E-state index < -0.39 is 5.91 Å². The fourth-order valence-electron chi connectivity index (χ4n) is 1.20. The molecule has 0 spiro atoms. The van der Waals surface area contributed by atoms with Gasteiger partial charge in [-0.2, -0.15) is 0 Å². The highest BCUT2D eigenvalue weighted by molar-refractivity contribution is 5.88. The van der Waals surface area contributed by atoms with Gasteiger partial charge in [-0.3, -0.25) is 14.4 Å². The molecular formula is C13H26N4O3. The van der Waals surface area contributed by atoms with E-state index in [2.05, 4.69) is 21.3 Å². The summed E-state index contributed by atoms with van der Waals surface area (Å²) in [6.45, 7) is 9.42. The van der Waals surface area contributed by atoms with Gasteiger partial charge in [0.15, 0.2) is 0 Å². The number of hydrogen-bond donors (Lipinski definition) is 4. The quantitative estimate of drug-likeness (QED) is 0.489. The Morgan fingerprint density at radius 3 is 1.75 bits per heavy atom. The summed E-state index contributed by atoms with van der Waals surface area (Å²) >= 11 is 0. The predicted octanol–water partition coefficient (Wildman–Crippen LogP) is -0.868. The van der Waals surface area contributed by atoms with Gasteiger partial charge in [-0.25, -0.2) is 0 Å².